The summed E-state index contributed by atoms with van der Waals surface area (Å²) in [7, 11) is 4.08. The Kier molecular flexibility index (Phi) is 4.78. The fourth-order valence-corrected chi connectivity index (χ4v) is 2.84. The first-order valence-corrected chi connectivity index (χ1v) is 7.14. The summed E-state index contributed by atoms with van der Waals surface area (Å²) in [5, 5.41) is 0. The molecule has 1 fully saturated rings. The van der Waals surface area contributed by atoms with Crippen LogP contribution in [0.4, 0.5) is 18.9 Å². The van der Waals surface area contributed by atoms with Gasteiger partial charge in [-0.05, 0) is 44.6 Å². The quantitative estimate of drug-likeness (QED) is 0.931. The third-order valence-corrected chi connectivity index (χ3v) is 4.18. The number of nitrogens with zero attached hydrogens (tertiary/aromatic N) is 2. The summed E-state index contributed by atoms with van der Waals surface area (Å²) in [6.45, 7) is 1.46. The third kappa shape index (κ3) is 3.68. The molecule has 1 saturated heterocycles. The molecule has 0 radical (unpaired) electrons. The van der Waals surface area contributed by atoms with Gasteiger partial charge in [0.2, 0.25) is 0 Å². The molecule has 2 rings (SSSR count). The Morgan fingerprint density at radius 2 is 1.86 bits per heavy atom. The number of rotatable bonds is 3. The lowest BCUT2D eigenvalue weighted by atomic mass is 10.0. The number of piperidine rings is 1. The standard InChI is InChI=1S/C15H22F3N3/c1-20(2)12-5-7-21(8-6-12)13-4-3-11(10-19)14(9-13)15(16,17)18/h3-4,9,12H,5-8,10,19H2,1-2H3. The lowest BCUT2D eigenvalue weighted by Crippen LogP contribution is -2.42. The smallest absolute Gasteiger partial charge is 0.371 e. The summed E-state index contributed by atoms with van der Waals surface area (Å²) in [5.74, 6) is 0. The van der Waals surface area contributed by atoms with Crippen LogP contribution in [-0.4, -0.2) is 38.1 Å². The van der Waals surface area contributed by atoms with Crippen molar-refractivity contribution in [2.45, 2.75) is 31.6 Å². The average Bonchev–Trinajstić information content (AvgIpc) is 2.45. The topological polar surface area (TPSA) is 32.5 Å². The third-order valence-electron chi connectivity index (χ3n) is 4.18. The van der Waals surface area contributed by atoms with Gasteiger partial charge in [-0.25, -0.2) is 0 Å². The molecule has 0 aliphatic carbocycles. The van der Waals surface area contributed by atoms with Crippen LogP contribution >= 0.6 is 0 Å². The number of alkyl halides is 3. The molecular formula is C15H22F3N3. The largest absolute Gasteiger partial charge is 0.416 e. The fraction of sp³-hybridized carbons (Fsp3) is 0.600. The number of anilines is 1. The first kappa shape index (κ1) is 16.1. The van der Waals surface area contributed by atoms with Gasteiger partial charge in [-0.3, -0.25) is 0 Å². The molecule has 0 aromatic heterocycles. The van der Waals surface area contributed by atoms with Gasteiger partial charge in [0, 0.05) is 31.4 Å². The van der Waals surface area contributed by atoms with E-state index in [-0.39, 0.29) is 12.1 Å². The molecule has 0 amide bonds. The second-order valence-electron chi connectivity index (χ2n) is 5.73. The van der Waals surface area contributed by atoms with Crippen LogP contribution in [0.2, 0.25) is 0 Å². The summed E-state index contributed by atoms with van der Waals surface area (Å²) >= 11 is 0. The molecule has 0 saturated carbocycles. The number of benzene rings is 1. The van der Waals surface area contributed by atoms with Crippen molar-refractivity contribution in [2.75, 3.05) is 32.1 Å². The van der Waals surface area contributed by atoms with E-state index in [1.807, 2.05) is 19.0 Å². The molecule has 1 heterocycles. The van der Waals surface area contributed by atoms with Crippen LogP contribution in [0.3, 0.4) is 0 Å². The zero-order valence-electron chi connectivity index (χ0n) is 12.5. The van der Waals surface area contributed by atoms with Crippen molar-refractivity contribution in [1.82, 2.24) is 4.90 Å². The van der Waals surface area contributed by atoms with E-state index in [2.05, 4.69) is 4.90 Å². The van der Waals surface area contributed by atoms with E-state index in [1.165, 1.54) is 12.1 Å². The lowest BCUT2D eigenvalue weighted by Gasteiger charge is -2.36. The highest BCUT2D eigenvalue weighted by atomic mass is 19.4. The van der Waals surface area contributed by atoms with Gasteiger partial charge in [0.25, 0.3) is 0 Å². The molecule has 1 aromatic carbocycles. The zero-order chi connectivity index (χ0) is 15.6. The van der Waals surface area contributed by atoms with Gasteiger partial charge < -0.3 is 15.5 Å². The fourth-order valence-electron chi connectivity index (χ4n) is 2.84. The van der Waals surface area contributed by atoms with Crippen molar-refractivity contribution in [3.63, 3.8) is 0 Å². The van der Waals surface area contributed by atoms with Crippen LogP contribution < -0.4 is 10.6 Å². The average molecular weight is 301 g/mol. The van der Waals surface area contributed by atoms with Gasteiger partial charge in [0.15, 0.2) is 0 Å². The van der Waals surface area contributed by atoms with Gasteiger partial charge in [0.1, 0.15) is 0 Å². The first-order chi connectivity index (χ1) is 9.82. The number of halogens is 3. The van der Waals surface area contributed by atoms with Crippen molar-refractivity contribution in [3.8, 4) is 0 Å². The molecule has 21 heavy (non-hydrogen) atoms. The minimum atomic E-state index is -4.35. The van der Waals surface area contributed by atoms with Gasteiger partial charge in [-0.2, -0.15) is 13.2 Å². The first-order valence-electron chi connectivity index (χ1n) is 7.14. The predicted octanol–water partition coefficient (Wildman–Crippen LogP) is 2.69. The lowest BCUT2D eigenvalue weighted by molar-refractivity contribution is -0.138. The second-order valence-corrected chi connectivity index (χ2v) is 5.73. The van der Waals surface area contributed by atoms with Crippen LogP contribution in [0.15, 0.2) is 18.2 Å². The Morgan fingerprint density at radius 1 is 1.24 bits per heavy atom. The van der Waals surface area contributed by atoms with Crippen LogP contribution in [0, 0.1) is 0 Å². The van der Waals surface area contributed by atoms with E-state index in [0.717, 1.165) is 25.9 Å². The van der Waals surface area contributed by atoms with Crippen molar-refractivity contribution >= 4 is 5.69 Å². The van der Waals surface area contributed by atoms with Crippen LogP contribution in [0.5, 0.6) is 0 Å². The molecule has 0 bridgehead atoms. The summed E-state index contributed by atoms with van der Waals surface area (Å²) in [6.07, 6.45) is -2.42. The molecule has 0 atom stereocenters. The normalized spacial score (nSPS) is 17.6. The summed E-state index contributed by atoms with van der Waals surface area (Å²) in [6, 6.07) is 4.98. The number of nitrogens with two attached hydrogens (primary N) is 1. The van der Waals surface area contributed by atoms with Crippen molar-refractivity contribution in [1.29, 1.82) is 0 Å². The molecule has 0 spiro atoms. The molecule has 1 aliphatic rings. The van der Waals surface area contributed by atoms with Crippen LogP contribution in [0.1, 0.15) is 24.0 Å². The Morgan fingerprint density at radius 3 is 2.33 bits per heavy atom. The maximum absolute atomic E-state index is 13.1. The Bertz CT molecular complexity index is 478. The van der Waals surface area contributed by atoms with Crippen LogP contribution in [0.25, 0.3) is 0 Å². The van der Waals surface area contributed by atoms with Crippen molar-refractivity contribution < 1.29 is 13.2 Å². The number of hydrogen-bond acceptors (Lipinski definition) is 3. The minimum absolute atomic E-state index is 0.0994. The van der Waals surface area contributed by atoms with Crippen molar-refractivity contribution in [3.05, 3.63) is 29.3 Å². The van der Waals surface area contributed by atoms with Crippen molar-refractivity contribution in [2.24, 2.45) is 5.73 Å². The van der Waals surface area contributed by atoms with Gasteiger partial charge in [-0.1, -0.05) is 6.07 Å². The summed E-state index contributed by atoms with van der Waals surface area (Å²) in [4.78, 5) is 4.20. The maximum atomic E-state index is 13.1. The Hall–Kier alpha value is -1.27. The molecule has 118 valence electrons. The highest BCUT2D eigenvalue weighted by molar-refractivity contribution is 5.52. The molecule has 1 aromatic rings. The summed E-state index contributed by atoms with van der Waals surface area (Å²) in [5.41, 5.74) is 5.58. The predicted molar refractivity (Wildman–Crippen MR) is 78.3 cm³/mol. The molecule has 6 heteroatoms. The van der Waals surface area contributed by atoms with E-state index in [1.54, 1.807) is 6.07 Å². The molecule has 2 N–H and O–H groups in total. The molecular weight excluding hydrogens is 279 g/mol. The zero-order valence-corrected chi connectivity index (χ0v) is 12.5. The molecule has 1 aliphatic heterocycles. The highest BCUT2D eigenvalue weighted by Gasteiger charge is 2.34. The Labute approximate surface area is 123 Å². The van der Waals surface area contributed by atoms with E-state index < -0.39 is 11.7 Å². The summed E-state index contributed by atoms with van der Waals surface area (Å²) < 4.78 is 39.2. The van der Waals surface area contributed by atoms with Crippen LogP contribution in [-0.2, 0) is 12.7 Å². The SMILES string of the molecule is CN(C)C1CCN(c2ccc(CN)c(C(F)(F)F)c2)CC1. The molecule has 3 nitrogen and oxygen atoms in total. The van der Waals surface area contributed by atoms with Gasteiger partial charge >= 0.3 is 6.18 Å². The van der Waals surface area contributed by atoms with E-state index in [4.69, 9.17) is 5.73 Å². The van der Waals surface area contributed by atoms with E-state index in [0.29, 0.717) is 11.7 Å². The van der Waals surface area contributed by atoms with Gasteiger partial charge in [-0.15, -0.1) is 0 Å². The Balaban J connectivity index is 2.18. The molecule has 0 unspecified atom stereocenters. The monoisotopic (exact) mass is 301 g/mol. The second kappa shape index (κ2) is 6.23. The van der Waals surface area contributed by atoms with E-state index in [9.17, 15) is 13.2 Å². The minimum Gasteiger partial charge on any atom is -0.371 e. The van der Waals surface area contributed by atoms with Gasteiger partial charge in [0.05, 0.1) is 5.56 Å². The highest BCUT2D eigenvalue weighted by Crippen LogP contribution is 2.35. The number of hydrogen-bond donors (Lipinski definition) is 1. The van der Waals surface area contributed by atoms with E-state index >= 15 is 0 Å². The maximum Gasteiger partial charge on any atom is 0.416 e.